The summed E-state index contributed by atoms with van der Waals surface area (Å²) in [4.78, 5) is 19.4. The number of hydrogen-bond donors (Lipinski definition) is 0. The highest BCUT2D eigenvalue weighted by atomic mass is 32.1. The van der Waals surface area contributed by atoms with E-state index in [1.54, 1.807) is 35.5 Å². The Morgan fingerprint density at radius 1 is 1.21 bits per heavy atom. The highest BCUT2D eigenvalue weighted by molar-refractivity contribution is 7.09. The van der Waals surface area contributed by atoms with Crippen molar-refractivity contribution in [2.75, 3.05) is 12.0 Å². The topological polar surface area (TPSA) is 47.4 Å². The average Bonchev–Trinajstić information content (AvgIpc) is 3.32. The first-order valence-corrected chi connectivity index (χ1v) is 10.0. The van der Waals surface area contributed by atoms with E-state index in [0.29, 0.717) is 12.2 Å². The molecule has 148 valence electrons. The fourth-order valence-corrected chi connectivity index (χ4v) is 3.87. The molecule has 0 N–H and O–H groups in total. The van der Waals surface area contributed by atoms with E-state index in [1.807, 2.05) is 47.3 Å². The number of benzene rings is 2. The third-order valence-electron chi connectivity index (χ3n) is 4.71. The van der Waals surface area contributed by atoms with Crippen LogP contribution < -0.4 is 9.64 Å². The molecule has 0 unspecified atom stereocenters. The Hall–Kier alpha value is -3.19. The number of amides is 1. The molecule has 0 spiro atoms. The molecule has 4 rings (SSSR count). The van der Waals surface area contributed by atoms with Gasteiger partial charge in [0.05, 0.1) is 24.4 Å². The predicted molar refractivity (Wildman–Crippen MR) is 113 cm³/mol. The number of aromatic nitrogens is 2. The van der Waals surface area contributed by atoms with E-state index in [1.165, 1.54) is 12.1 Å². The number of ether oxygens (including phenoxy) is 1. The summed E-state index contributed by atoms with van der Waals surface area (Å²) < 4.78 is 20.6. The van der Waals surface area contributed by atoms with Crippen LogP contribution in [-0.2, 0) is 17.9 Å². The van der Waals surface area contributed by atoms with Crippen LogP contribution in [0.25, 0.3) is 10.9 Å². The summed E-state index contributed by atoms with van der Waals surface area (Å²) in [5.41, 5.74) is 2.40. The van der Waals surface area contributed by atoms with E-state index in [9.17, 15) is 9.18 Å². The molecule has 7 heteroatoms. The van der Waals surface area contributed by atoms with Crippen LogP contribution >= 0.6 is 11.3 Å². The van der Waals surface area contributed by atoms with Gasteiger partial charge in [-0.05, 0) is 55.5 Å². The summed E-state index contributed by atoms with van der Waals surface area (Å²) >= 11 is 1.54. The second-order valence-corrected chi connectivity index (χ2v) is 7.74. The second-order valence-electron chi connectivity index (χ2n) is 6.68. The number of thiazole rings is 1. The lowest BCUT2D eigenvalue weighted by molar-refractivity contribution is -0.119. The average molecular weight is 409 g/mol. The molecule has 2 aromatic heterocycles. The van der Waals surface area contributed by atoms with Crippen LogP contribution in [0, 0.1) is 12.7 Å². The molecule has 4 aromatic rings. The minimum Gasteiger partial charge on any atom is -0.497 e. The van der Waals surface area contributed by atoms with Gasteiger partial charge in [-0.2, -0.15) is 0 Å². The highest BCUT2D eigenvalue weighted by Crippen LogP contribution is 2.24. The number of carbonyl (C=O) groups is 1. The number of hydrogen-bond acceptors (Lipinski definition) is 4. The van der Waals surface area contributed by atoms with Gasteiger partial charge < -0.3 is 14.2 Å². The van der Waals surface area contributed by atoms with Crippen LogP contribution in [0.2, 0.25) is 0 Å². The monoisotopic (exact) mass is 409 g/mol. The number of carbonyl (C=O) groups excluding carboxylic acids is 1. The first-order chi connectivity index (χ1) is 14.0. The van der Waals surface area contributed by atoms with E-state index >= 15 is 0 Å². The van der Waals surface area contributed by atoms with Gasteiger partial charge in [0.15, 0.2) is 0 Å². The second kappa shape index (κ2) is 8.05. The molecule has 0 radical (unpaired) electrons. The fourth-order valence-electron chi connectivity index (χ4n) is 3.26. The van der Waals surface area contributed by atoms with Crippen molar-refractivity contribution in [3.63, 3.8) is 0 Å². The number of halogens is 1. The van der Waals surface area contributed by atoms with Gasteiger partial charge in [-0.25, -0.2) is 9.37 Å². The lowest BCUT2D eigenvalue weighted by atomic mass is 10.2. The van der Waals surface area contributed by atoms with Gasteiger partial charge in [-0.1, -0.05) is 0 Å². The largest absolute Gasteiger partial charge is 0.497 e. The predicted octanol–water partition coefficient (Wildman–Crippen LogP) is 4.79. The summed E-state index contributed by atoms with van der Waals surface area (Å²) in [5.74, 6) is 0.333. The summed E-state index contributed by atoms with van der Waals surface area (Å²) in [6.45, 7) is 2.43. The minimum atomic E-state index is -0.337. The third kappa shape index (κ3) is 4.14. The van der Waals surface area contributed by atoms with Gasteiger partial charge >= 0.3 is 0 Å². The Kier molecular flexibility index (Phi) is 5.31. The molecule has 2 aromatic carbocycles. The molecular formula is C22H20FN3O2S. The van der Waals surface area contributed by atoms with Crippen molar-refractivity contribution in [2.24, 2.45) is 0 Å². The maximum atomic E-state index is 13.4. The molecule has 0 aliphatic rings. The maximum Gasteiger partial charge on any atom is 0.247 e. The Morgan fingerprint density at radius 2 is 2.00 bits per heavy atom. The Balaban J connectivity index is 1.63. The van der Waals surface area contributed by atoms with Gasteiger partial charge in [0.1, 0.15) is 18.1 Å². The summed E-state index contributed by atoms with van der Waals surface area (Å²) in [6, 6.07) is 13.7. The first-order valence-electron chi connectivity index (χ1n) is 9.13. The Bertz CT molecular complexity index is 1150. The van der Waals surface area contributed by atoms with Crippen LogP contribution in [0.1, 0.15) is 10.7 Å². The van der Waals surface area contributed by atoms with Crippen LogP contribution in [0.15, 0.2) is 60.1 Å². The number of aryl methyl sites for hydroxylation is 1. The van der Waals surface area contributed by atoms with Crippen molar-refractivity contribution in [1.29, 1.82) is 0 Å². The van der Waals surface area contributed by atoms with Crippen molar-refractivity contribution in [3.05, 3.63) is 76.6 Å². The molecule has 0 fully saturated rings. The van der Waals surface area contributed by atoms with Crippen molar-refractivity contribution in [3.8, 4) is 5.75 Å². The molecule has 0 saturated carbocycles. The van der Waals surface area contributed by atoms with Crippen LogP contribution in [-0.4, -0.2) is 22.6 Å². The number of anilines is 1. The normalized spacial score (nSPS) is 11.0. The standard InChI is InChI=1S/C22H20FN3O2S/c1-15-24-18(14-29-15)12-26(19-5-3-17(23)4-6-19)22(27)13-25-10-9-16-11-20(28-2)7-8-21(16)25/h3-11,14H,12-13H2,1-2H3. The third-order valence-corrected chi connectivity index (χ3v) is 5.53. The highest BCUT2D eigenvalue weighted by Gasteiger charge is 2.19. The van der Waals surface area contributed by atoms with Crippen molar-refractivity contribution in [2.45, 2.75) is 20.0 Å². The molecule has 0 atom stereocenters. The van der Waals surface area contributed by atoms with E-state index in [-0.39, 0.29) is 18.3 Å². The summed E-state index contributed by atoms with van der Waals surface area (Å²) in [5, 5.41) is 3.88. The van der Waals surface area contributed by atoms with E-state index in [4.69, 9.17) is 4.74 Å². The quantitative estimate of drug-likeness (QED) is 0.460. The molecule has 0 saturated heterocycles. The lowest BCUT2D eigenvalue weighted by Gasteiger charge is -2.22. The molecule has 0 bridgehead atoms. The van der Waals surface area contributed by atoms with Crippen molar-refractivity contribution < 1.29 is 13.9 Å². The van der Waals surface area contributed by atoms with Crippen LogP contribution in [0.3, 0.4) is 0 Å². The number of fused-ring (bicyclic) bond motifs is 1. The van der Waals surface area contributed by atoms with Gasteiger partial charge in [-0.15, -0.1) is 11.3 Å². The molecule has 0 aliphatic heterocycles. The fraction of sp³-hybridized carbons (Fsp3) is 0.182. The first kappa shape index (κ1) is 19.1. The molecule has 1 amide bonds. The minimum absolute atomic E-state index is 0.101. The van der Waals surface area contributed by atoms with Crippen molar-refractivity contribution in [1.82, 2.24) is 9.55 Å². The van der Waals surface area contributed by atoms with Gasteiger partial charge in [0, 0.05) is 28.2 Å². The molecule has 2 heterocycles. The molecule has 29 heavy (non-hydrogen) atoms. The SMILES string of the molecule is COc1ccc2c(ccn2CC(=O)N(Cc2csc(C)n2)c2ccc(F)cc2)c1. The van der Waals surface area contributed by atoms with Crippen molar-refractivity contribution >= 4 is 33.8 Å². The summed E-state index contributed by atoms with van der Waals surface area (Å²) in [7, 11) is 1.63. The number of methoxy groups -OCH3 is 1. The maximum absolute atomic E-state index is 13.4. The van der Waals surface area contributed by atoms with Crippen LogP contribution in [0.4, 0.5) is 10.1 Å². The lowest BCUT2D eigenvalue weighted by Crippen LogP contribution is -2.33. The molecule has 5 nitrogen and oxygen atoms in total. The van der Waals surface area contributed by atoms with E-state index in [0.717, 1.165) is 27.4 Å². The van der Waals surface area contributed by atoms with E-state index in [2.05, 4.69) is 4.98 Å². The number of nitrogens with zero attached hydrogens (tertiary/aromatic N) is 3. The van der Waals surface area contributed by atoms with Gasteiger partial charge in [0.2, 0.25) is 5.91 Å². The van der Waals surface area contributed by atoms with Crippen LogP contribution in [0.5, 0.6) is 5.75 Å². The Labute approximate surface area is 172 Å². The zero-order valence-electron chi connectivity index (χ0n) is 16.1. The summed E-state index contributed by atoms with van der Waals surface area (Å²) in [6.07, 6.45) is 1.89. The zero-order chi connectivity index (χ0) is 20.4. The Morgan fingerprint density at radius 3 is 2.69 bits per heavy atom. The smallest absolute Gasteiger partial charge is 0.247 e. The number of rotatable bonds is 6. The van der Waals surface area contributed by atoms with Gasteiger partial charge in [-0.3, -0.25) is 4.79 Å². The van der Waals surface area contributed by atoms with E-state index < -0.39 is 0 Å². The molecule has 0 aliphatic carbocycles. The zero-order valence-corrected chi connectivity index (χ0v) is 16.9. The molecular weight excluding hydrogens is 389 g/mol. The van der Waals surface area contributed by atoms with Gasteiger partial charge in [0.25, 0.3) is 0 Å².